The number of hydrogen-bond donors (Lipinski definition) is 0. The second-order valence-electron chi connectivity index (χ2n) is 8.62. The average molecular weight is 438 g/mol. The number of benzene rings is 2. The van der Waals surface area contributed by atoms with E-state index in [1.165, 1.54) is 57.8 Å². The monoisotopic (exact) mass is 437 g/mol. The molecule has 0 unspecified atom stereocenters. The van der Waals surface area contributed by atoms with Crippen molar-refractivity contribution in [1.82, 2.24) is 0 Å². The Morgan fingerprint density at radius 2 is 1.38 bits per heavy atom. The molecule has 4 nitrogen and oxygen atoms in total. The molecule has 0 spiro atoms. The first-order chi connectivity index (χ1) is 15.7. The van der Waals surface area contributed by atoms with Crippen LogP contribution in [0, 0.1) is 12.3 Å². The van der Waals surface area contributed by atoms with Crippen molar-refractivity contribution >= 4 is 5.97 Å². The van der Waals surface area contributed by atoms with Gasteiger partial charge in [0.1, 0.15) is 17.2 Å². The van der Waals surface area contributed by atoms with Gasteiger partial charge < -0.3 is 14.2 Å². The van der Waals surface area contributed by atoms with E-state index in [1.807, 2.05) is 24.3 Å². The van der Waals surface area contributed by atoms with Gasteiger partial charge in [0.2, 0.25) is 0 Å². The van der Waals surface area contributed by atoms with Crippen LogP contribution < -0.4 is 14.2 Å². The topological polar surface area (TPSA) is 44.8 Å². The third-order valence-electron chi connectivity index (χ3n) is 5.93. The Kier molecular flexibility index (Phi) is 10.4. The van der Waals surface area contributed by atoms with Crippen molar-refractivity contribution < 1.29 is 19.0 Å². The Bertz CT molecular complexity index is 776. The Hall–Kier alpha value is -2.49. The van der Waals surface area contributed by atoms with Crippen LogP contribution in [0.5, 0.6) is 17.2 Å². The molecule has 1 fully saturated rings. The van der Waals surface area contributed by atoms with E-state index in [0.29, 0.717) is 23.8 Å². The van der Waals surface area contributed by atoms with Gasteiger partial charge in [-0.05, 0) is 93.0 Å². The van der Waals surface area contributed by atoms with Crippen molar-refractivity contribution in [2.24, 2.45) is 5.92 Å². The van der Waals surface area contributed by atoms with Gasteiger partial charge in [-0.3, -0.25) is 0 Å². The fourth-order valence-corrected chi connectivity index (χ4v) is 3.91. The van der Waals surface area contributed by atoms with Crippen molar-refractivity contribution in [1.29, 1.82) is 0 Å². The molecular formula is C28H37O4. The first-order valence-electron chi connectivity index (χ1n) is 12.2. The molecule has 0 atom stereocenters. The molecule has 0 aliphatic heterocycles. The minimum atomic E-state index is -0.375. The zero-order valence-corrected chi connectivity index (χ0v) is 19.4. The van der Waals surface area contributed by atoms with E-state index in [2.05, 4.69) is 13.3 Å². The van der Waals surface area contributed by atoms with Crippen LogP contribution in [-0.2, 0) is 0 Å². The van der Waals surface area contributed by atoms with Gasteiger partial charge in [0, 0.05) is 0 Å². The molecule has 3 rings (SSSR count). The second kappa shape index (κ2) is 13.8. The highest BCUT2D eigenvalue weighted by Gasteiger charge is 2.14. The lowest BCUT2D eigenvalue weighted by atomic mass is 9.90. The maximum Gasteiger partial charge on any atom is 0.343 e. The van der Waals surface area contributed by atoms with E-state index in [1.54, 1.807) is 24.3 Å². The van der Waals surface area contributed by atoms with E-state index in [-0.39, 0.29) is 5.97 Å². The first kappa shape index (κ1) is 24.2. The smallest absolute Gasteiger partial charge is 0.343 e. The number of carbonyl (C=O) groups is 1. The van der Waals surface area contributed by atoms with Crippen molar-refractivity contribution in [3.05, 3.63) is 60.5 Å². The van der Waals surface area contributed by atoms with Crippen molar-refractivity contribution in [2.75, 3.05) is 13.2 Å². The maximum absolute atomic E-state index is 12.4. The molecule has 173 valence electrons. The molecule has 0 aromatic heterocycles. The van der Waals surface area contributed by atoms with Gasteiger partial charge in [0.05, 0.1) is 18.8 Å². The lowest BCUT2D eigenvalue weighted by molar-refractivity contribution is 0.0734. The normalized spacial score (nSPS) is 14.2. The summed E-state index contributed by atoms with van der Waals surface area (Å²) in [5.41, 5.74) is 0.506. The molecule has 0 bridgehead atoms. The molecule has 1 aliphatic rings. The van der Waals surface area contributed by atoms with Crippen LogP contribution in [0.2, 0.25) is 0 Å². The first-order valence-corrected chi connectivity index (χ1v) is 12.2. The summed E-state index contributed by atoms with van der Waals surface area (Å²) in [7, 11) is 0. The molecule has 32 heavy (non-hydrogen) atoms. The fourth-order valence-electron chi connectivity index (χ4n) is 3.91. The minimum absolute atomic E-state index is 0.375. The van der Waals surface area contributed by atoms with E-state index >= 15 is 0 Å². The highest BCUT2D eigenvalue weighted by molar-refractivity contribution is 5.91. The summed E-state index contributed by atoms with van der Waals surface area (Å²) in [5.74, 6) is 2.37. The Morgan fingerprint density at radius 1 is 0.781 bits per heavy atom. The second-order valence-corrected chi connectivity index (χ2v) is 8.62. The fraction of sp³-hybridized carbons (Fsp3) is 0.500. The molecule has 0 N–H and O–H groups in total. The quantitative estimate of drug-likeness (QED) is 0.186. The predicted octanol–water partition coefficient (Wildman–Crippen LogP) is 7.42. The summed E-state index contributed by atoms with van der Waals surface area (Å²) in [5, 5.41) is 0. The van der Waals surface area contributed by atoms with E-state index in [0.717, 1.165) is 24.5 Å². The molecule has 0 saturated heterocycles. The molecule has 2 aromatic rings. The summed E-state index contributed by atoms with van der Waals surface area (Å²) >= 11 is 0. The van der Waals surface area contributed by atoms with Crippen LogP contribution >= 0.6 is 0 Å². The Labute approximate surface area is 193 Å². The highest BCUT2D eigenvalue weighted by Crippen LogP contribution is 2.25. The van der Waals surface area contributed by atoms with Crippen molar-refractivity contribution in [2.45, 2.75) is 71.1 Å². The van der Waals surface area contributed by atoms with E-state index in [9.17, 15) is 4.79 Å². The molecular weight excluding hydrogens is 400 g/mol. The average Bonchev–Trinajstić information content (AvgIpc) is 2.84. The summed E-state index contributed by atoms with van der Waals surface area (Å²) in [4.78, 5) is 12.4. The van der Waals surface area contributed by atoms with Gasteiger partial charge in [-0.1, -0.05) is 39.0 Å². The summed E-state index contributed by atoms with van der Waals surface area (Å²) < 4.78 is 17.2. The van der Waals surface area contributed by atoms with Gasteiger partial charge in [-0.15, -0.1) is 0 Å². The molecule has 2 aromatic carbocycles. The zero-order chi connectivity index (χ0) is 22.4. The molecule has 1 aliphatic carbocycles. The van der Waals surface area contributed by atoms with Gasteiger partial charge >= 0.3 is 5.97 Å². The van der Waals surface area contributed by atoms with E-state index in [4.69, 9.17) is 14.2 Å². The molecule has 0 amide bonds. The zero-order valence-electron chi connectivity index (χ0n) is 19.4. The molecule has 4 heteroatoms. The number of hydrogen-bond acceptors (Lipinski definition) is 4. The summed E-state index contributed by atoms with van der Waals surface area (Å²) in [6.45, 7) is 3.69. The van der Waals surface area contributed by atoms with Crippen LogP contribution in [0.3, 0.4) is 0 Å². The van der Waals surface area contributed by atoms with Gasteiger partial charge in [-0.2, -0.15) is 0 Å². The number of ether oxygens (including phenoxy) is 3. The Balaban J connectivity index is 1.37. The van der Waals surface area contributed by atoms with Crippen LogP contribution in [0.25, 0.3) is 0 Å². The third-order valence-corrected chi connectivity index (χ3v) is 5.93. The highest BCUT2D eigenvalue weighted by atomic mass is 16.5. The molecule has 0 heterocycles. The standard InChI is InChI=1S/C28H37O4/c1-2-3-4-5-6-10-21-30-25-15-13-24(14-16-25)28(29)32-27-19-17-26(18-20-27)31-22-23-11-8-7-9-12-23/h7,13-20,23H,2-6,8-12,21-22H2,1H3. The van der Waals surface area contributed by atoms with Gasteiger partial charge in [-0.25, -0.2) is 4.79 Å². The minimum Gasteiger partial charge on any atom is -0.494 e. The maximum atomic E-state index is 12.4. The van der Waals surface area contributed by atoms with Crippen LogP contribution in [0.15, 0.2) is 48.5 Å². The third kappa shape index (κ3) is 8.57. The summed E-state index contributed by atoms with van der Waals surface area (Å²) in [6, 6.07) is 14.4. The largest absolute Gasteiger partial charge is 0.494 e. The summed E-state index contributed by atoms with van der Waals surface area (Å²) in [6.07, 6.45) is 14.6. The number of unbranched alkanes of at least 4 members (excludes halogenated alkanes) is 5. The predicted molar refractivity (Wildman–Crippen MR) is 128 cm³/mol. The lowest BCUT2D eigenvalue weighted by Crippen LogP contribution is -2.15. The van der Waals surface area contributed by atoms with Crippen LogP contribution in [0.1, 0.15) is 81.5 Å². The lowest BCUT2D eigenvalue weighted by Gasteiger charge is -2.21. The van der Waals surface area contributed by atoms with Gasteiger partial charge in [0.15, 0.2) is 0 Å². The van der Waals surface area contributed by atoms with Crippen molar-refractivity contribution in [3.63, 3.8) is 0 Å². The number of carbonyl (C=O) groups excluding carboxylic acids is 1. The van der Waals surface area contributed by atoms with Gasteiger partial charge in [0.25, 0.3) is 0 Å². The van der Waals surface area contributed by atoms with E-state index < -0.39 is 0 Å². The number of rotatable bonds is 13. The van der Waals surface area contributed by atoms with Crippen LogP contribution in [0.4, 0.5) is 0 Å². The van der Waals surface area contributed by atoms with Crippen LogP contribution in [-0.4, -0.2) is 19.2 Å². The molecule has 1 radical (unpaired) electrons. The number of esters is 1. The van der Waals surface area contributed by atoms with Crippen molar-refractivity contribution in [3.8, 4) is 17.2 Å². The SMILES string of the molecule is CCCCCCCCOc1ccc(C(=O)Oc2ccc(OCC3CC[CH]CC3)cc2)cc1. The molecule has 1 saturated carbocycles. The Morgan fingerprint density at radius 3 is 2.09 bits per heavy atom.